The van der Waals surface area contributed by atoms with Gasteiger partial charge in [0.1, 0.15) is 13.2 Å². The molecule has 0 aliphatic carbocycles. The van der Waals surface area contributed by atoms with Crippen molar-refractivity contribution in [2.24, 2.45) is 0 Å². The fraction of sp³-hybridized carbons (Fsp3) is 0.333. The summed E-state index contributed by atoms with van der Waals surface area (Å²) in [4.78, 5) is 34.0. The third kappa shape index (κ3) is 4.06. The van der Waals surface area contributed by atoms with Gasteiger partial charge in [-0.15, -0.1) is 0 Å². The second-order valence-corrected chi connectivity index (χ2v) is 4.17. The lowest BCUT2D eigenvalue weighted by molar-refractivity contribution is -0.384. The van der Waals surface area contributed by atoms with Crippen LogP contribution in [0.1, 0.15) is 0 Å². The van der Waals surface area contributed by atoms with Crippen LogP contribution >= 0.6 is 0 Å². The zero-order valence-electron chi connectivity index (χ0n) is 11.0. The van der Waals surface area contributed by atoms with Gasteiger partial charge in [-0.2, -0.15) is 0 Å². The Hall–Kier alpha value is -2.84. The Bertz CT molecular complexity index is 544. The molecule has 0 atom stereocenters. The van der Waals surface area contributed by atoms with Crippen LogP contribution in [0, 0.1) is 10.1 Å². The number of anilines is 1. The number of ether oxygens (including phenoxy) is 2. The molecule has 21 heavy (non-hydrogen) atoms. The maximum Gasteiger partial charge on any atom is 0.411 e. The molecular weight excluding hydrogens is 282 g/mol. The average molecular weight is 295 g/mol. The summed E-state index contributed by atoms with van der Waals surface area (Å²) in [6, 6.07) is 5.35. The standard InChI is InChI=1S/C12H13N3O6/c16-11(20-7-5-14-6-8-21-12(14)17)13-9-1-3-10(4-2-9)15(18)19/h1-4H,5-8H2,(H,13,16). The van der Waals surface area contributed by atoms with Gasteiger partial charge in [0.05, 0.1) is 18.0 Å². The molecule has 1 aromatic rings. The highest BCUT2D eigenvalue weighted by Gasteiger charge is 2.21. The monoisotopic (exact) mass is 295 g/mol. The van der Waals surface area contributed by atoms with Gasteiger partial charge in [0.25, 0.3) is 5.69 Å². The van der Waals surface area contributed by atoms with Crippen LogP contribution in [0.3, 0.4) is 0 Å². The normalized spacial score (nSPS) is 13.7. The first-order valence-electron chi connectivity index (χ1n) is 6.16. The fourth-order valence-electron chi connectivity index (χ4n) is 1.70. The molecule has 0 spiro atoms. The molecule has 2 rings (SSSR count). The van der Waals surface area contributed by atoms with E-state index in [0.717, 1.165) is 0 Å². The van der Waals surface area contributed by atoms with Crippen LogP contribution in [0.5, 0.6) is 0 Å². The van der Waals surface area contributed by atoms with E-state index >= 15 is 0 Å². The molecule has 0 unspecified atom stereocenters. The number of carbonyl (C=O) groups excluding carboxylic acids is 2. The zero-order valence-corrected chi connectivity index (χ0v) is 11.0. The Balaban J connectivity index is 1.74. The van der Waals surface area contributed by atoms with Crippen molar-refractivity contribution in [1.82, 2.24) is 4.90 Å². The minimum atomic E-state index is -0.698. The molecule has 0 saturated carbocycles. The van der Waals surface area contributed by atoms with Crippen LogP contribution in [-0.2, 0) is 9.47 Å². The number of cyclic esters (lactones) is 1. The predicted molar refractivity (Wildman–Crippen MR) is 71.0 cm³/mol. The molecule has 0 radical (unpaired) electrons. The van der Waals surface area contributed by atoms with Crippen LogP contribution in [-0.4, -0.2) is 48.3 Å². The van der Waals surface area contributed by atoms with E-state index in [1.165, 1.54) is 29.2 Å². The topological polar surface area (TPSA) is 111 Å². The first kappa shape index (κ1) is 14.6. The molecule has 1 aromatic carbocycles. The van der Waals surface area contributed by atoms with E-state index in [-0.39, 0.29) is 18.8 Å². The average Bonchev–Trinajstić information content (AvgIpc) is 2.85. The number of nitrogens with one attached hydrogen (secondary N) is 1. The maximum absolute atomic E-state index is 11.5. The second kappa shape index (κ2) is 6.55. The van der Waals surface area contributed by atoms with Crippen LogP contribution in [0.25, 0.3) is 0 Å². The molecule has 1 fully saturated rings. The Kier molecular flexibility index (Phi) is 4.54. The Morgan fingerprint density at radius 3 is 2.71 bits per heavy atom. The summed E-state index contributed by atoms with van der Waals surface area (Å²) in [7, 11) is 0. The summed E-state index contributed by atoms with van der Waals surface area (Å²) in [5.74, 6) is 0. The summed E-state index contributed by atoms with van der Waals surface area (Å²) in [5, 5.41) is 12.9. The van der Waals surface area contributed by atoms with Crippen molar-refractivity contribution >= 4 is 23.6 Å². The highest BCUT2D eigenvalue weighted by atomic mass is 16.6. The maximum atomic E-state index is 11.5. The molecule has 1 aliphatic heterocycles. The van der Waals surface area contributed by atoms with E-state index in [0.29, 0.717) is 18.8 Å². The molecule has 1 saturated heterocycles. The van der Waals surface area contributed by atoms with Gasteiger partial charge in [-0.25, -0.2) is 9.59 Å². The Labute approximate surface area is 119 Å². The van der Waals surface area contributed by atoms with E-state index < -0.39 is 17.1 Å². The number of hydrogen-bond donors (Lipinski definition) is 1. The highest BCUT2D eigenvalue weighted by Crippen LogP contribution is 2.15. The number of hydrogen-bond acceptors (Lipinski definition) is 6. The van der Waals surface area contributed by atoms with Crippen molar-refractivity contribution in [3.8, 4) is 0 Å². The van der Waals surface area contributed by atoms with Gasteiger partial charge in [-0.1, -0.05) is 0 Å². The van der Waals surface area contributed by atoms with Gasteiger partial charge in [0.15, 0.2) is 0 Å². The number of non-ortho nitro benzene ring substituents is 1. The largest absolute Gasteiger partial charge is 0.448 e. The Morgan fingerprint density at radius 1 is 1.43 bits per heavy atom. The van der Waals surface area contributed by atoms with E-state index in [2.05, 4.69) is 5.32 Å². The molecule has 112 valence electrons. The minimum Gasteiger partial charge on any atom is -0.448 e. The van der Waals surface area contributed by atoms with Gasteiger partial charge < -0.3 is 14.4 Å². The number of amides is 2. The fourth-order valence-corrected chi connectivity index (χ4v) is 1.70. The quantitative estimate of drug-likeness (QED) is 0.652. The summed E-state index contributed by atoms with van der Waals surface area (Å²) >= 11 is 0. The predicted octanol–water partition coefficient (Wildman–Crippen LogP) is 1.60. The van der Waals surface area contributed by atoms with Gasteiger partial charge in [-0.3, -0.25) is 15.4 Å². The highest BCUT2D eigenvalue weighted by molar-refractivity contribution is 5.84. The number of nitro groups is 1. The molecule has 1 N–H and O–H groups in total. The van der Waals surface area contributed by atoms with E-state index in [4.69, 9.17) is 9.47 Å². The number of benzene rings is 1. The molecule has 1 heterocycles. The lowest BCUT2D eigenvalue weighted by Gasteiger charge is -2.12. The number of nitrogens with zero attached hydrogens (tertiary/aromatic N) is 2. The molecule has 0 bridgehead atoms. The van der Waals surface area contributed by atoms with Crippen LogP contribution < -0.4 is 5.32 Å². The first-order chi connectivity index (χ1) is 10.1. The second-order valence-electron chi connectivity index (χ2n) is 4.17. The van der Waals surface area contributed by atoms with Gasteiger partial charge in [0.2, 0.25) is 0 Å². The van der Waals surface area contributed by atoms with Crippen molar-refractivity contribution in [1.29, 1.82) is 0 Å². The molecule has 1 aliphatic rings. The van der Waals surface area contributed by atoms with Crippen molar-refractivity contribution < 1.29 is 24.0 Å². The number of nitro benzene ring substituents is 1. The van der Waals surface area contributed by atoms with Crippen molar-refractivity contribution in [2.75, 3.05) is 31.6 Å². The smallest absolute Gasteiger partial charge is 0.411 e. The van der Waals surface area contributed by atoms with Crippen LogP contribution in [0.2, 0.25) is 0 Å². The molecule has 2 amide bonds. The SMILES string of the molecule is O=C(Nc1ccc([N+](=O)[O-])cc1)OCCN1CCOC1=O. The third-order valence-electron chi connectivity index (χ3n) is 2.76. The first-order valence-corrected chi connectivity index (χ1v) is 6.16. The molecule has 0 aromatic heterocycles. The third-order valence-corrected chi connectivity index (χ3v) is 2.76. The van der Waals surface area contributed by atoms with Gasteiger partial charge in [-0.05, 0) is 12.1 Å². The zero-order chi connectivity index (χ0) is 15.2. The lowest BCUT2D eigenvalue weighted by Crippen LogP contribution is -2.29. The van der Waals surface area contributed by atoms with E-state index in [1.807, 2.05) is 0 Å². The summed E-state index contributed by atoms with van der Waals surface area (Å²) in [5.41, 5.74) is 0.313. The Morgan fingerprint density at radius 2 is 2.14 bits per heavy atom. The number of rotatable bonds is 5. The van der Waals surface area contributed by atoms with E-state index in [1.54, 1.807) is 0 Å². The van der Waals surface area contributed by atoms with Gasteiger partial charge >= 0.3 is 12.2 Å². The van der Waals surface area contributed by atoms with Crippen LogP contribution in [0.15, 0.2) is 24.3 Å². The molecule has 9 heteroatoms. The lowest BCUT2D eigenvalue weighted by atomic mass is 10.3. The summed E-state index contributed by atoms with van der Waals surface area (Å²) in [6.07, 6.45) is -1.12. The summed E-state index contributed by atoms with van der Waals surface area (Å²) in [6.45, 7) is 1.11. The van der Waals surface area contributed by atoms with Gasteiger partial charge in [0, 0.05) is 17.8 Å². The number of carbonyl (C=O) groups is 2. The summed E-state index contributed by atoms with van der Waals surface area (Å²) < 4.78 is 9.63. The van der Waals surface area contributed by atoms with Crippen molar-refractivity contribution in [3.05, 3.63) is 34.4 Å². The van der Waals surface area contributed by atoms with Crippen molar-refractivity contribution in [2.45, 2.75) is 0 Å². The van der Waals surface area contributed by atoms with E-state index in [9.17, 15) is 19.7 Å². The van der Waals surface area contributed by atoms with Crippen LogP contribution in [0.4, 0.5) is 21.0 Å². The molecule has 9 nitrogen and oxygen atoms in total. The molecular formula is C12H13N3O6. The van der Waals surface area contributed by atoms with Crippen molar-refractivity contribution in [3.63, 3.8) is 0 Å². The minimum absolute atomic E-state index is 0.0356.